The Hall–Kier alpha value is -4.67. The molecule has 43 heavy (non-hydrogen) atoms. The highest BCUT2D eigenvalue weighted by atomic mass is 32.2. The summed E-state index contributed by atoms with van der Waals surface area (Å²) in [6.07, 6.45) is -1.22. The minimum absolute atomic E-state index is 0.0438. The number of hydrogen-bond acceptors (Lipinski definition) is 7. The highest BCUT2D eigenvalue weighted by Crippen LogP contribution is 2.48. The van der Waals surface area contributed by atoms with Crippen LogP contribution in [0, 0.1) is 22.6 Å². The van der Waals surface area contributed by atoms with Gasteiger partial charge in [-0.15, -0.1) is 0 Å². The van der Waals surface area contributed by atoms with Crippen LogP contribution in [-0.2, 0) is 16.2 Å². The summed E-state index contributed by atoms with van der Waals surface area (Å²) in [5.41, 5.74) is 4.35. The summed E-state index contributed by atoms with van der Waals surface area (Å²) in [5, 5.41) is 9.27. The van der Waals surface area contributed by atoms with E-state index in [-0.39, 0.29) is 29.8 Å². The molecule has 0 amide bonds. The minimum atomic E-state index is -4.74. The number of Topliss-reactive ketones (excluding diaryl/α,β-unsaturated/α-hetero) is 1. The van der Waals surface area contributed by atoms with Crippen molar-refractivity contribution in [3.8, 4) is 6.07 Å². The third-order valence-electron chi connectivity index (χ3n) is 7.46. The van der Waals surface area contributed by atoms with E-state index in [1.807, 2.05) is 6.07 Å². The Bertz CT molecular complexity index is 1840. The van der Waals surface area contributed by atoms with Gasteiger partial charge in [0, 0.05) is 19.3 Å². The third kappa shape index (κ3) is 5.71. The first-order valence-corrected chi connectivity index (χ1v) is 14.4. The van der Waals surface area contributed by atoms with Crippen LogP contribution in [0.2, 0.25) is 0 Å². The summed E-state index contributed by atoms with van der Waals surface area (Å²) >= 11 is 0. The summed E-state index contributed by atoms with van der Waals surface area (Å²) in [7, 11) is -4.23. The molecule has 2 N–H and O–H groups in total. The Morgan fingerprint density at radius 3 is 2.56 bits per heavy atom. The molecule has 13 heteroatoms. The Kier molecular flexibility index (Phi) is 7.76. The third-order valence-corrected chi connectivity index (χ3v) is 9.30. The topological polar surface area (TPSA) is 130 Å². The number of hydrogen-bond donors (Lipinski definition) is 1. The van der Waals surface area contributed by atoms with E-state index in [9.17, 15) is 36.0 Å². The van der Waals surface area contributed by atoms with Crippen LogP contribution in [0.3, 0.4) is 0 Å². The van der Waals surface area contributed by atoms with Gasteiger partial charge in [0.15, 0.2) is 5.78 Å². The summed E-state index contributed by atoms with van der Waals surface area (Å²) in [6, 6.07) is 14.0. The fourth-order valence-electron chi connectivity index (χ4n) is 5.28. The molecule has 1 saturated heterocycles. The van der Waals surface area contributed by atoms with Crippen molar-refractivity contribution in [2.24, 2.45) is 16.1 Å². The van der Waals surface area contributed by atoms with Crippen LogP contribution < -0.4 is 5.73 Å². The largest absolute Gasteiger partial charge is 0.416 e. The maximum Gasteiger partial charge on any atom is 0.416 e. The van der Waals surface area contributed by atoms with Gasteiger partial charge in [-0.3, -0.25) is 9.78 Å². The lowest BCUT2D eigenvalue weighted by Gasteiger charge is -2.45. The average molecular weight is 610 g/mol. The first-order chi connectivity index (χ1) is 20.4. The van der Waals surface area contributed by atoms with Gasteiger partial charge in [0.05, 0.1) is 38.9 Å². The SMILES string of the molecule is N#Cc1cccc(S(=O)(=O)N2CCC3=CC(=Nc4ccc(F)cc4)C(=CN)C[C@]3(C(=O)c3cc(C(F)(F)F)ccn3)C2)c1. The van der Waals surface area contributed by atoms with Crippen LogP contribution in [0.1, 0.15) is 34.5 Å². The number of carbonyl (C=O) groups is 1. The molecule has 1 atom stereocenters. The van der Waals surface area contributed by atoms with Gasteiger partial charge in [-0.1, -0.05) is 11.6 Å². The van der Waals surface area contributed by atoms with E-state index in [4.69, 9.17) is 5.73 Å². The van der Waals surface area contributed by atoms with Crippen LogP contribution in [0.4, 0.5) is 23.2 Å². The molecule has 0 saturated carbocycles. The van der Waals surface area contributed by atoms with E-state index in [1.165, 1.54) is 54.7 Å². The number of nitriles is 1. The maximum atomic E-state index is 14.2. The lowest BCUT2D eigenvalue weighted by molar-refractivity contribution is -0.137. The molecule has 2 heterocycles. The number of pyridine rings is 1. The van der Waals surface area contributed by atoms with Gasteiger partial charge in [0.25, 0.3) is 0 Å². The molecule has 220 valence electrons. The van der Waals surface area contributed by atoms with Crippen molar-refractivity contribution >= 4 is 27.2 Å². The van der Waals surface area contributed by atoms with Gasteiger partial charge in [-0.2, -0.15) is 22.7 Å². The monoisotopic (exact) mass is 609 g/mol. The molecule has 8 nitrogen and oxygen atoms in total. The number of ketones is 1. The molecule has 0 bridgehead atoms. The van der Waals surface area contributed by atoms with Gasteiger partial charge in [0.2, 0.25) is 10.0 Å². The van der Waals surface area contributed by atoms with Crippen LogP contribution >= 0.6 is 0 Å². The zero-order valence-electron chi connectivity index (χ0n) is 22.3. The predicted molar refractivity (Wildman–Crippen MR) is 149 cm³/mol. The van der Waals surface area contributed by atoms with Gasteiger partial charge in [-0.05, 0) is 85.3 Å². The molecular weight excluding hydrogens is 586 g/mol. The second-order valence-corrected chi connectivity index (χ2v) is 12.0. The number of piperidine rings is 1. The van der Waals surface area contributed by atoms with Crippen LogP contribution in [0.5, 0.6) is 0 Å². The Balaban J connectivity index is 1.65. The number of fused-ring (bicyclic) bond motifs is 1. The normalized spacial score (nSPS) is 21.2. The van der Waals surface area contributed by atoms with Crippen molar-refractivity contribution < 1.29 is 30.8 Å². The van der Waals surface area contributed by atoms with Crippen LogP contribution in [0.25, 0.3) is 0 Å². The molecule has 1 aliphatic heterocycles. The number of halogens is 4. The number of alkyl halides is 3. The van der Waals surface area contributed by atoms with Gasteiger partial charge < -0.3 is 5.73 Å². The molecule has 1 aromatic heterocycles. The van der Waals surface area contributed by atoms with Gasteiger partial charge in [0.1, 0.15) is 11.5 Å². The number of nitrogens with two attached hydrogens (primary N) is 1. The number of sulfonamides is 1. The quantitative estimate of drug-likeness (QED) is 0.308. The Morgan fingerprint density at radius 2 is 1.88 bits per heavy atom. The van der Waals surface area contributed by atoms with Crippen LogP contribution in [0.15, 0.2) is 100 Å². The average Bonchev–Trinajstić information content (AvgIpc) is 3.00. The molecule has 3 aromatic rings. The zero-order valence-corrected chi connectivity index (χ0v) is 23.2. The molecule has 1 aliphatic carbocycles. The summed E-state index contributed by atoms with van der Waals surface area (Å²) in [6.45, 7) is -0.475. The second-order valence-electron chi connectivity index (χ2n) is 10.1. The van der Waals surface area contributed by atoms with E-state index in [0.717, 1.165) is 16.6 Å². The lowest BCUT2D eigenvalue weighted by atomic mass is 9.64. The van der Waals surface area contributed by atoms with Crippen molar-refractivity contribution in [3.05, 3.63) is 113 Å². The molecule has 2 aliphatic rings. The summed E-state index contributed by atoms with van der Waals surface area (Å²) in [4.78, 5) is 22.5. The molecule has 0 radical (unpaired) electrons. The van der Waals surface area contributed by atoms with Crippen molar-refractivity contribution in [1.29, 1.82) is 5.26 Å². The van der Waals surface area contributed by atoms with Crippen molar-refractivity contribution in [3.63, 3.8) is 0 Å². The second kappa shape index (κ2) is 11.2. The first-order valence-electron chi connectivity index (χ1n) is 12.9. The number of aromatic nitrogens is 1. The van der Waals surface area contributed by atoms with E-state index in [0.29, 0.717) is 28.6 Å². The van der Waals surface area contributed by atoms with Crippen LogP contribution in [-0.4, -0.2) is 42.3 Å². The molecule has 0 unspecified atom stereocenters. The Morgan fingerprint density at radius 1 is 1.14 bits per heavy atom. The molecular formula is C30H23F4N5O3S. The number of rotatable bonds is 5. The lowest BCUT2D eigenvalue weighted by Crippen LogP contribution is -2.53. The van der Waals surface area contributed by atoms with E-state index >= 15 is 0 Å². The molecule has 1 fully saturated rings. The molecule has 2 aromatic carbocycles. The Labute approximate surface area is 244 Å². The number of carbonyl (C=O) groups excluding carboxylic acids is 1. The number of aliphatic imine (C=N–C) groups is 1. The molecule has 0 spiro atoms. The van der Waals surface area contributed by atoms with Crippen molar-refractivity contribution in [1.82, 2.24) is 9.29 Å². The fourth-order valence-corrected chi connectivity index (χ4v) is 6.82. The smallest absolute Gasteiger partial charge is 0.404 e. The summed E-state index contributed by atoms with van der Waals surface area (Å²) in [5.74, 6) is -1.27. The van der Waals surface area contributed by atoms with Gasteiger partial charge >= 0.3 is 6.18 Å². The maximum absolute atomic E-state index is 14.2. The number of benzene rings is 2. The highest BCUT2D eigenvalue weighted by Gasteiger charge is 2.52. The molecule has 5 rings (SSSR count). The fraction of sp³-hybridized carbons (Fsp3) is 0.200. The van der Waals surface area contributed by atoms with Crippen molar-refractivity contribution in [2.45, 2.75) is 23.9 Å². The number of nitrogens with zero attached hydrogens (tertiary/aromatic N) is 4. The predicted octanol–water partition coefficient (Wildman–Crippen LogP) is 5.32. The van der Waals surface area contributed by atoms with E-state index < -0.39 is 51.0 Å². The van der Waals surface area contributed by atoms with Crippen molar-refractivity contribution in [2.75, 3.05) is 13.1 Å². The summed E-state index contributed by atoms with van der Waals surface area (Å²) < 4.78 is 82.6. The zero-order chi connectivity index (χ0) is 31.0. The first kappa shape index (κ1) is 29.8. The highest BCUT2D eigenvalue weighted by molar-refractivity contribution is 7.89. The minimum Gasteiger partial charge on any atom is -0.404 e. The van der Waals surface area contributed by atoms with E-state index in [2.05, 4.69) is 9.98 Å². The number of allylic oxidation sites excluding steroid dienone is 2. The standard InChI is InChI=1S/C30H23F4N5O3S/c31-23-4-6-24(7-5-23)38-26-13-21-9-11-39(43(41,42)25-3-1-2-19(12-25)16-35)18-29(21,15-20(26)17-36)28(40)27-14-22(8-10-37-27)30(32,33)34/h1-8,10,12-14,17H,9,11,15,18,36H2/t29-/m0/s1. The van der Waals surface area contributed by atoms with E-state index in [1.54, 1.807) is 6.08 Å². The van der Waals surface area contributed by atoms with Gasteiger partial charge in [-0.25, -0.2) is 17.8 Å².